The van der Waals surface area contributed by atoms with Crippen LogP contribution >= 0.6 is 0 Å². The first-order valence-corrected chi connectivity index (χ1v) is 9.31. The van der Waals surface area contributed by atoms with Gasteiger partial charge in [-0.1, -0.05) is 20.8 Å². The van der Waals surface area contributed by atoms with Crippen molar-refractivity contribution >= 4 is 5.97 Å². The van der Waals surface area contributed by atoms with Crippen LogP contribution in [0.15, 0.2) is 0 Å². The molecule has 0 unspecified atom stereocenters. The summed E-state index contributed by atoms with van der Waals surface area (Å²) in [6.07, 6.45) is 1.85. The van der Waals surface area contributed by atoms with Gasteiger partial charge in [-0.3, -0.25) is 19.5 Å². The molecule has 0 aromatic carbocycles. The van der Waals surface area contributed by atoms with E-state index in [0.29, 0.717) is 0 Å². The molecule has 0 aromatic heterocycles. The Kier molecular flexibility index (Phi) is 9.94. The lowest BCUT2D eigenvalue weighted by Gasteiger charge is -2.33. The van der Waals surface area contributed by atoms with Crippen molar-refractivity contribution in [3.05, 3.63) is 14.1 Å². The van der Waals surface area contributed by atoms with Crippen molar-refractivity contribution in [2.75, 3.05) is 65.4 Å². The van der Waals surface area contributed by atoms with Crippen LogP contribution in [0.25, 0.3) is 0 Å². The van der Waals surface area contributed by atoms with E-state index in [1.165, 1.54) is 0 Å². The van der Waals surface area contributed by atoms with E-state index >= 15 is 0 Å². The molecule has 1 aliphatic rings. The molecule has 1 rings (SSSR count). The molecule has 0 bridgehead atoms. The minimum Gasteiger partial charge on any atom is -0.480 e. The maximum absolute atomic E-state index is 11.1. The number of carboxylic acid groups (broad SMARTS) is 1. The summed E-state index contributed by atoms with van der Waals surface area (Å²) >= 11 is 0. The van der Waals surface area contributed by atoms with Crippen molar-refractivity contribution in [2.45, 2.75) is 33.6 Å². The van der Waals surface area contributed by atoms with E-state index in [4.69, 9.17) is 19.2 Å². The number of hydrogen-bond donors (Lipinski definition) is 1. The average Bonchev–Trinajstić information content (AvgIpc) is 2.47. The van der Waals surface area contributed by atoms with Gasteiger partial charge >= 0.3 is 5.97 Å². The Morgan fingerprint density at radius 3 is 1.80 bits per heavy atom. The molecule has 0 amide bonds. The van der Waals surface area contributed by atoms with Gasteiger partial charge in [-0.15, -0.1) is 0 Å². The highest BCUT2D eigenvalue weighted by molar-refractivity contribution is 5.69. The molecule has 25 heavy (non-hydrogen) atoms. The zero-order chi connectivity index (χ0) is 18.9. The fraction of sp³-hybridized carbons (Fsp3) is 0.842. The van der Waals surface area contributed by atoms with Crippen molar-refractivity contribution in [3.63, 3.8) is 0 Å². The van der Waals surface area contributed by atoms with Crippen molar-refractivity contribution in [1.29, 1.82) is 0 Å². The summed E-state index contributed by atoms with van der Waals surface area (Å²) < 4.78 is 0. The highest BCUT2D eigenvalue weighted by atomic mass is 16.4. The highest BCUT2D eigenvalue weighted by Crippen LogP contribution is 2.15. The Morgan fingerprint density at radius 2 is 1.32 bits per heavy atom. The lowest BCUT2D eigenvalue weighted by Crippen LogP contribution is -2.43. The summed E-state index contributed by atoms with van der Waals surface area (Å²) in [6.45, 7) is 14.2. The quantitative estimate of drug-likeness (QED) is 0.830. The minimum atomic E-state index is -0.771. The van der Waals surface area contributed by atoms with Gasteiger partial charge in [0.2, 0.25) is 0 Å². The Hall–Kier alpha value is -0.690. The van der Waals surface area contributed by atoms with Crippen LogP contribution in [0, 0.1) is 19.5 Å². The molecule has 0 saturated carbocycles. The molecule has 144 valence electrons. The van der Waals surface area contributed by atoms with E-state index in [-0.39, 0.29) is 12.0 Å². The molecule has 6 heteroatoms. The van der Waals surface area contributed by atoms with Crippen LogP contribution in [-0.2, 0) is 4.79 Å². The van der Waals surface area contributed by atoms with Crippen LogP contribution in [-0.4, -0.2) is 96.1 Å². The van der Waals surface area contributed by atoms with Gasteiger partial charge in [-0.25, -0.2) is 0 Å². The predicted octanol–water partition coefficient (Wildman–Crippen LogP) is 1.46. The van der Waals surface area contributed by atoms with Gasteiger partial charge < -0.3 is 10.0 Å². The second-order valence-electron chi connectivity index (χ2n) is 8.29. The van der Waals surface area contributed by atoms with Gasteiger partial charge in [0.1, 0.15) is 0 Å². The molecule has 1 aliphatic heterocycles. The van der Waals surface area contributed by atoms with Crippen LogP contribution in [0.1, 0.15) is 33.6 Å². The molecule has 1 saturated heterocycles. The van der Waals surface area contributed by atoms with Crippen molar-refractivity contribution in [1.82, 2.24) is 19.6 Å². The monoisotopic (exact) mass is 352 g/mol. The minimum absolute atomic E-state index is 0.0878. The molecule has 1 N–H and O–H groups in total. The van der Waals surface area contributed by atoms with E-state index in [2.05, 4.69) is 25.7 Å². The summed E-state index contributed by atoms with van der Waals surface area (Å²) in [6, 6.07) is 0. The summed E-state index contributed by atoms with van der Waals surface area (Å²) in [7, 11) is 12.0. The Labute approximate surface area is 154 Å². The van der Waals surface area contributed by atoms with Gasteiger partial charge in [0.25, 0.3) is 0 Å². The third-order valence-electron chi connectivity index (χ3n) is 4.30. The number of aliphatic carboxylic acids is 1. The molecule has 4 radical (unpaired) electrons. The zero-order valence-electron chi connectivity index (χ0n) is 16.3. The third kappa shape index (κ3) is 11.5. The maximum Gasteiger partial charge on any atom is 0.317 e. The summed E-state index contributed by atoms with van der Waals surface area (Å²) in [4.78, 5) is 19.2. The van der Waals surface area contributed by atoms with Crippen molar-refractivity contribution < 1.29 is 9.90 Å². The molecule has 1 fully saturated rings. The van der Waals surface area contributed by atoms with Gasteiger partial charge in [0, 0.05) is 53.4 Å². The van der Waals surface area contributed by atoms with E-state index in [0.717, 1.165) is 71.7 Å². The standard InChI is InChI=1S/C19H36N4O2/c1-19(2,3)17-23-11-7-9-21(5)13-12-20(4)8-6-10-22(14-15-23)16-18(24)25/h4-5H,6-17H2,1-3H3,(H,24,25). The molecule has 0 aliphatic carbocycles. The van der Waals surface area contributed by atoms with Gasteiger partial charge in [-0.2, -0.15) is 0 Å². The molecule has 6 nitrogen and oxygen atoms in total. The van der Waals surface area contributed by atoms with Crippen molar-refractivity contribution in [2.24, 2.45) is 5.41 Å². The molecular weight excluding hydrogens is 316 g/mol. The van der Waals surface area contributed by atoms with E-state index < -0.39 is 5.97 Å². The number of rotatable bonds is 3. The number of carbonyl (C=O) groups is 1. The zero-order valence-corrected chi connectivity index (χ0v) is 16.3. The highest BCUT2D eigenvalue weighted by Gasteiger charge is 2.18. The van der Waals surface area contributed by atoms with Crippen LogP contribution in [0.4, 0.5) is 0 Å². The summed E-state index contributed by atoms with van der Waals surface area (Å²) in [5.41, 5.74) is 0.214. The molecule has 1 heterocycles. The average molecular weight is 353 g/mol. The number of nitrogens with zero attached hydrogens (tertiary/aromatic N) is 4. The van der Waals surface area contributed by atoms with E-state index in [1.807, 2.05) is 9.80 Å². The largest absolute Gasteiger partial charge is 0.480 e. The predicted molar refractivity (Wildman–Crippen MR) is 101 cm³/mol. The van der Waals surface area contributed by atoms with Gasteiger partial charge in [0.05, 0.1) is 6.54 Å². The molecule has 0 atom stereocenters. The summed E-state index contributed by atoms with van der Waals surface area (Å²) in [5, 5.41) is 9.16. The molecule has 0 spiro atoms. The van der Waals surface area contributed by atoms with Gasteiger partial charge in [-0.05, 0) is 37.9 Å². The van der Waals surface area contributed by atoms with Crippen LogP contribution in [0.5, 0.6) is 0 Å². The number of hydrogen-bond acceptors (Lipinski definition) is 5. The lowest BCUT2D eigenvalue weighted by atomic mass is 9.96. The van der Waals surface area contributed by atoms with Crippen LogP contribution in [0.2, 0.25) is 0 Å². The van der Waals surface area contributed by atoms with E-state index in [1.54, 1.807) is 4.90 Å². The third-order valence-corrected chi connectivity index (χ3v) is 4.30. The first-order chi connectivity index (χ1) is 11.7. The fourth-order valence-electron chi connectivity index (χ4n) is 3.16. The van der Waals surface area contributed by atoms with Crippen LogP contribution < -0.4 is 0 Å². The smallest absolute Gasteiger partial charge is 0.317 e. The SMILES string of the molecule is [CH]N1CCCN(CC(=O)O)CCN(CC(C)(C)C)CCCN([CH])CC1. The second kappa shape index (κ2) is 11.1. The maximum atomic E-state index is 11.1. The lowest BCUT2D eigenvalue weighted by molar-refractivity contribution is -0.138. The van der Waals surface area contributed by atoms with Gasteiger partial charge in [0.15, 0.2) is 0 Å². The second-order valence-corrected chi connectivity index (χ2v) is 8.29. The first-order valence-electron chi connectivity index (χ1n) is 9.31. The topological polar surface area (TPSA) is 50.3 Å². The van der Waals surface area contributed by atoms with Crippen molar-refractivity contribution in [3.8, 4) is 0 Å². The fourth-order valence-corrected chi connectivity index (χ4v) is 3.16. The number of carboxylic acids is 1. The Balaban J connectivity index is 2.69. The first kappa shape index (κ1) is 22.4. The molecular formula is C19H36N4O2. The Bertz CT molecular complexity index is 384. The summed E-state index contributed by atoms with van der Waals surface area (Å²) in [5.74, 6) is -0.771. The van der Waals surface area contributed by atoms with E-state index in [9.17, 15) is 4.79 Å². The van der Waals surface area contributed by atoms with Crippen LogP contribution in [0.3, 0.4) is 0 Å². The molecule has 0 aromatic rings. The Morgan fingerprint density at radius 1 is 0.840 bits per heavy atom. The normalized spacial score (nSPS) is 22.6.